The maximum atomic E-state index is 9.75. The largest absolute Gasteiger partial charge is 0.673 e. The second kappa shape index (κ2) is 15.9. The fraction of sp³-hybridized carbons (Fsp3) is 0.615. The molecule has 0 amide bonds. The van der Waals surface area contributed by atoms with Crippen LogP contribution in [0.4, 0.5) is 17.3 Å². The average molecular weight is 604 g/mol. The zero-order chi connectivity index (χ0) is 24.4. The van der Waals surface area contributed by atoms with Crippen molar-refractivity contribution in [1.82, 2.24) is 0 Å². The fourth-order valence-corrected chi connectivity index (χ4v) is 12.3. The standard InChI is InChI=1S/C18H28P2.C8H12.BF4.Rh/c1-13-9-10-14(2)19(13)17-7-5-6-8-18(17)20-15(3)11-12-16(20)4;1-2-4-6-8-7-5-3-1;2-1(3,4)5;/h5-8,13-16H,9-12H2,1-4H3;1-2,7-8H,3-6H2;;/q;;-1;/b;2-1-,8-7-;;/t13-,14-,15-,16-;;;/m1.../s1. The zero-order valence-corrected chi connectivity index (χ0v) is 24.3. The molecule has 34 heavy (non-hydrogen) atoms. The van der Waals surface area contributed by atoms with Crippen LogP contribution >= 0.6 is 15.8 Å². The van der Waals surface area contributed by atoms with Crippen molar-refractivity contribution in [3.63, 3.8) is 0 Å². The molecule has 3 aliphatic rings. The number of halogens is 4. The van der Waals surface area contributed by atoms with Gasteiger partial charge in [-0.15, -0.1) is 0 Å². The topological polar surface area (TPSA) is 0 Å². The predicted octanol–water partition coefficient (Wildman–Crippen LogP) is 9.01. The summed E-state index contributed by atoms with van der Waals surface area (Å²) in [6.07, 6.45) is 19.8. The molecule has 0 bridgehead atoms. The minimum atomic E-state index is -6.00. The van der Waals surface area contributed by atoms with Crippen molar-refractivity contribution in [2.45, 2.75) is 102 Å². The van der Waals surface area contributed by atoms with Crippen LogP contribution in [0.2, 0.25) is 0 Å². The first kappa shape index (κ1) is 32.0. The van der Waals surface area contributed by atoms with Gasteiger partial charge in [-0.25, -0.2) is 0 Å². The molecule has 0 spiro atoms. The van der Waals surface area contributed by atoms with Gasteiger partial charge in [0, 0.05) is 19.5 Å². The van der Waals surface area contributed by atoms with Crippen LogP contribution < -0.4 is 10.6 Å². The van der Waals surface area contributed by atoms with Gasteiger partial charge >= 0.3 is 7.25 Å². The molecule has 0 N–H and O–H groups in total. The average Bonchev–Trinajstić information content (AvgIpc) is 3.21. The van der Waals surface area contributed by atoms with Gasteiger partial charge in [0.1, 0.15) is 0 Å². The van der Waals surface area contributed by atoms with E-state index in [9.17, 15) is 17.3 Å². The second-order valence-electron chi connectivity index (χ2n) is 9.45. The molecule has 2 saturated heterocycles. The van der Waals surface area contributed by atoms with Crippen LogP contribution in [-0.2, 0) is 19.5 Å². The van der Waals surface area contributed by atoms with Gasteiger partial charge < -0.3 is 17.3 Å². The van der Waals surface area contributed by atoms with Gasteiger partial charge in [0.05, 0.1) is 0 Å². The molecule has 0 aromatic heterocycles. The molecular formula is C26H40BF4P2Rh-. The Morgan fingerprint density at radius 1 is 0.588 bits per heavy atom. The Morgan fingerprint density at radius 3 is 1.06 bits per heavy atom. The minimum absolute atomic E-state index is 0. The molecule has 2 fully saturated rings. The van der Waals surface area contributed by atoms with E-state index >= 15 is 0 Å². The Kier molecular flexibility index (Phi) is 15.0. The summed E-state index contributed by atoms with van der Waals surface area (Å²) in [5, 5.41) is 3.57. The van der Waals surface area contributed by atoms with Gasteiger partial charge in [-0.3, -0.25) is 0 Å². The minimum Gasteiger partial charge on any atom is -0.418 e. The van der Waals surface area contributed by atoms with Crippen LogP contribution in [0.25, 0.3) is 0 Å². The Bertz CT molecular complexity index is 676. The van der Waals surface area contributed by atoms with Crippen LogP contribution in [0.3, 0.4) is 0 Å². The molecule has 1 aliphatic carbocycles. The van der Waals surface area contributed by atoms with Crippen molar-refractivity contribution in [2.75, 3.05) is 0 Å². The van der Waals surface area contributed by atoms with Crippen molar-refractivity contribution >= 4 is 33.7 Å². The van der Waals surface area contributed by atoms with E-state index in [0.717, 1.165) is 22.6 Å². The number of rotatable bonds is 2. The first-order valence-electron chi connectivity index (χ1n) is 12.4. The molecule has 0 nitrogen and oxygen atoms in total. The summed E-state index contributed by atoms with van der Waals surface area (Å²) in [4.78, 5) is 0. The van der Waals surface area contributed by atoms with Crippen molar-refractivity contribution < 1.29 is 36.7 Å². The van der Waals surface area contributed by atoms with Crippen LogP contribution in [0.1, 0.15) is 79.1 Å². The Balaban J connectivity index is 0.000000343. The van der Waals surface area contributed by atoms with Gasteiger partial charge in [-0.1, -0.05) is 92.1 Å². The van der Waals surface area contributed by atoms with E-state index in [1.807, 2.05) is 0 Å². The Morgan fingerprint density at radius 2 is 0.824 bits per heavy atom. The SMILES string of the molecule is C1=C\CC/C=C\CC/1.C[C@@H]1CC[C@@H](C)P1c1ccccc1P1[C@H](C)CC[C@H]1C.F[B-](F)(F)F.[Rh]. The van der Waals surface area contributed by atoms with Gasteiger partial charge in [0.25, 0.3) is 0 Å². The number of hydrogen-bond donors (Lipinski definition) is 0. The van der Waals surface area contributed by atoms with E-state index in [1.54, 1.807) is 10.6 Å². The normalized spacial score (nSPS) is 29.4. The number of benzene rings is 1. The van der Waals surface area contributed by atoms with Crippen LogP contribution in [0.15, 0.2) is 48.6 Å². The third kappa shape index (κ3) is 10.9. The van der Waals surface area contributed by atoms with Gasteiger partial charge in [-0.05, 0) is 84.6 Å². The van der Waals surface area contributed by atoms with Gasteiger partial charge in [-0.2, -0.15) is 0 Å². The number of allylic oxidation sites excluding steroid dienone is 4. The Labute approximate surface area is 220 Å². The summed E-state index contributed by atoms with van der Waals surface area (Å²) in [5.41, 5.74) is 3.74. The second-order valence-corrected chi connectivity index (χ2v) is 15.6. The summed E-state index contributed by atoms with van der Waals surface area (Å²) in [6, 6.07) is 9.55. The summed E-state index contributed by atoms with van der Waals surface area (Å²) in [5.74, 6) is 0. The van der Waals surface area contributed by atoms with Crippen LogP contribution in [0, 0.1) is 0 Å². The molecule has 2 heterocycles. The monoisotopic (exact) mass is 604 g/mol. The summed E-state index contributed by atoms with van der Waals surface area (Å²) < 4.78 is 39.0. The van der Waals surface area contributed by atoms with E-state index in [1.165, 1.54) is 51.4 Å². The van der Waals surface area contributed by atoms with Gasteiger partial charge in [0.15, 0.2) is 0 Å². The van der Waals surface area contributed by atoms with Crippen LogP contribution in [-0.4, -0.2) is 29.9 Å². The molecule has 1 radical (unpaired) electrons. The molecule has 1 aromatic rings. The van der Waals surface area contributed by atoms with E-state index < -0.39 is 7.25 Å². The Hall–Kier alpha value is -0.0317. The molecular weight excluding hydrogens is 564 g/mol. The maximum absolute atomic E-state index is 9.75. The predicted molar refractivity (Wildman–Crippen MR) is 143 cm³/mol. The van der Waals surface area contributed by atoms with Gasteiger partial charge in [0.2, 0.25) is 0 Å². The van der Waals surface area contributed by atoms with E-state index in [2.05, 4.69) is 76.3 Å². The molecule has 8 heteroatoms. The first-order chi connectivity index (χ1) is 15.6. The third-order valence-corrected chi connectivity index (χ3v) is 13.6. The molecule has 1 aromatic carbocycles. The number of hydrogen-bond acceptors (Lipinski definition) is 0. The molecule has 4 atom stereocenters. The van der Waals surface area contributed by atoms with Crippen molar-refractivity contribution in [3.05, 3.63) is 48.6 Å². The third-order valence-electron chi connectivity index (χ3n) is 6.68. The van der Waals surface area contributed by atoms with Crippen molar-refractivity contribution in [2.24, 2.45) is 0 Å². The molecule has 0 unspecified atom stereocenters. The summed E-state index contributed by atoms with van der Waals surface area (Å²) in [6.45, 7) is 10.0. The van der Waals surface area contributed by atoms with E-state index in [0.29, 0.717) is 0 Å². The first-order valence-corrected chi connectivity index (χ1v) is 15.4. The molecule has 195 valence electrons. The molecule has 2 aliphatic heterocycles. The zero-order valence-electron chi connectivity index (χ0n) is 20.9. The van der Waals surface area contributed by atoms with Crippen LogP contribution in [0.5, 0.6) is 0 Å². The smallest absolute Gasteiger partial charge is 0.418 e. The van der Waals surface area contributed by atoms with E-state index in [-0.39, 0.29) is 35.3 Å². The van der Waals surface area contributed by atoms with Crippen molar-refractivity contribution in [1.29, 1.82) is 0 Å². The summed E-state index contributed by atoms with van der Waals surface area (Å²) in [7, 11) is -5.84. The molecule has 4 rings (SSSR count). The molecule has 0 saturated carbocycles. The maximum Gasteiger partial charge on any atom is 0.673 e. The van der Waals surface area contributed by atoms with Crippen molar-refractivity contribution in [3.8, 4) is 0 Å². The summed E-state index contributed by atoms with van der Waals surface area (Å²) >= 11 is 0. The fourth-order valence-electron chi connectivity index (χ4n) is 5.10. The quantitative estimate of drug-likeness (QED) is 0.137. The van der Waals surface area contributed by atoms with E-state index in [4.69, 9.17) is 0 Å².